The van der Waals surface area contributed by atoms with Crippen LogP contribution < -0.4 is 17.1 Å². The van der Waals surface area contributed by atoms with Gasteiger partial charge in [-0.15, -0.1) is 0 Å². The lowest BCUT2D eigenvalue weighted by molar-refractivity contribution is -0.144. The first kappa shape index (κ1) is 29.1. The molecule has 0 amide bonds. The number of carbonyl (C=O) groups excluding carboxylic acids is 3. The lowest BCUT2D eigenvalue weighted by Crippen LogP contribution is -2.57. The van der Waals surface area contributed by atoms with Crippen LogP contribution >= 0.6 is 0 Å². The van der Waals surface area contributed by atoms with E-state index in [-0.39, 0.29) is 30.8 Å². The standard InChI is InChI=1S/C23H31N3O9/c1-9-18(27)33-15(6)10-24-21(30)25(11-16(7)34-19(28)13(2)3)23(32)26(22(24)31)12-17(8)35-20(29)14(4)5/h9,15-17H,1-2,4,10-12H2,3,5-8H3. The summed E-state index contributed by atoms with van der Waals surface area (Å²) in [6.07, 6.45) is -1.87. The van der Waals surface area contributed by atoms with Crippen LogP contribution in [0.1, 0.15) is 34.6 Å². The van der Waals surface area contributed by atoms with Gasteiger partial charge >= 0.3 is 35.0 Å². The van der Waals surface area contributed by atoms with Crippen LogP contribution in [0.2, 0.25) is 0 Å². The van der Waals surface area contributed by atoms with Crippen LogP contribution in [0.5, 0.6) is 0 Å². The van der Waals surface area contributed by atoms with E-state index in [9.17, 15) is 28.8 Å². The molecule has 1 aromatic heterocycles. The largest absolute Gasteiger partial charge is 0.458 e. The van der Waals surface area contributed by atoms with Crippen LogP contribution in [-0.2, 0) is 48.2 Å². The Labute approximate surface area is 201 Å². The smallest absolute Gasteiger partial charge is 0.336 e. The summed E-state index contributed by atoms with van der Waals surface area (Å²) in [4.78, 5) is 74.3. The number of aromatic nitrogens is 3. The van der Waals surface area contributed by atoms with Crippen molar-refractivity contribution in [1.82, 2.24) is 13.7 Å². The van der Waals surface area contributed by atoms with E-state index < -0.39 is 53.3 Å². The van der Waals surface area contributed by atoms with Crippen molar-refractivity contribution < 1.29 is 28.6 Å². The molecule has 1 heterocycles. The highest BCUT2D eigenvalue weighted by Crippen LogP contribution is 2.02. The molecule has 0 radical (unpaired) electrons. The van der Waals surface area contributed by atoms with Crippen LogP contribution in [0.25, 0.3) is 0 Å². The Morgan fingerprint density at radius 3 is 1.26 bits per heavy atom. The summed E-state index contributed by atoms with van der Waals surface area (Å²) in [5.74, 6) is -2.20. The SMILES string of the molecule is C=CC(=O)OC(C)Cn1c(=O)n(CC(C)OC(=O)C(=C)C)c(=O)n(CC(C)OC(=O)C(=C)C)c1=O. The van der Waals surface area contributed by atoms with Crippen molar-refractivity contribution in [3.05, 3.63) is 68.4 Å². The zero-order valence-electron chi connectivity index (χ0n) is 20.6. The van der Waals surface area contributed by atoms with Gasteiger partial charge in [-0.3, -0.25) is 0 Å². The van der Waals surface area contributed by atoms with Crippen molar-refractivity contribution in [2.75, 3.05) is 0 Å². The van der Waals surface area contributed by atoms with Crippen LogP contribution in [0.15, 0.2) is 51.3 Å². The Balaban J connectivity index is 3.51. The maximum Gasteiger partial charge on any atom is 0.336 e. The van der Waals surface area contributed by atoms with E-state index in [0.29, 0.717) is 13.7 Å². The highest BCUT2D eigenvalue weighted by molar-refractivity contribution is 5.87. The molecule has 0 saturated carbocycles. The molecule has 192 valence electrons. The lowest BCUT2D eigenvalue weighted by Gasteiger charge is -2.20. The molecule has 0 fully saturated rings. The molecule has 3 unspecified atom stereocenters. The molecule has 0 N–H and O–H groups in total. The molecule has 0 bridgehead atoms. The number of esters is 3. The molecule has 0 aliphatic heterocycles. The molecular weight excluding hydrogens is 462 g/mol. The molecule has 35 heavy (non-hydrogen) atoms. The van der Waals surface area contributed by atoms with E-state index in [4.69, 9.17) is 14.2 Å². The van der Waals surface area contributed by atoms with Crippen molar-refractivity contribution >= 4 is 17.9 Å². The Hall–Kier alpha value is -3.96. The van der Waals surface area contributed by atoms with Crippen LogP contribution in [0, 0.1) is 0 Å². The fourth-order valence-electron chi connectivity index (χ4n) is 2.85. The van der Waals surface area contributed by atoms with Crippen molar-refractivity contribution in [1.29, 1.82) is 0 Å². The summed E-state index contributed by atoms with van der Waals surface area (Å²) >= 11 is 0. The van der Waals surface area contributed by atoms with Gasteiger partial charge in [0.15, 0.2) is 0 Å². The van der Waals surface area contributed by atoms with Crippen molar-refractivity contribution in [3.63, 3.8) is 0 Å². The molecule has 1 rings (SSSR count). The quantitative estimate of drug-likeness (QED) is 0.228. The number of rotatable bonds is 12. The summed E-state index contributed by atoms with van der Waals surface area (Å²) in [5, 5.41) is 0. The Morgan fingerprint density at radius 2 is 1.00 bits per heavy atom. The predicted molar refractivity (Wildman–Crippen MR) is 126 cm³/mol. The highest BCUT2D eigenvalue weighted by Gasteiger charge is 2.23. The fourth-order valence-corrected chi connectivity index (χ4v) is 2.85. The first-order valence-electron chi connectivity index (χ1n) is 10.7. The van der Waals surface area contributed by atoms with Crippen LogP contribution in [0.3, 0.4) is 0 Å². The molecule has 0 saturated heterocycles. The summed E-state index contributed by atoms with van der Waals surface area (Å²) in [6.45, 7) is 16.3. The van der Waals surface area contributed by atoms with Gasteiger partial charge in [0, 0.05) is 17.2 Å². The summed E-state index contributed by atoms with van der Waals surface area (Å²) in [6, 6.07) is 0. The van der Waals surface area contributed by atoms with Gasteiger partial charge < -0.3 is 14.2 Å². The van der Waals surface area contributed by atoms with Crippen molar-refractivity contribution in [3.8, 4) is 0 Å². The van der Waals surface area contributed by atoms with Gasteiger partial charge in [0.25, 0.3) is 0 Å². The van der Waals surface area contributed by atoms with E-state index in [1.807, 2.05) is 0 Å². The third-order valence-corrected chi connectivity index (χ3v) is 4.50. The first-order valence-corrected chi connectivity index (χ1v) is 10.7. The molecule has 12 nitrogen and oxygen atoms in total. The van der Waals surface area contributed by atoms with E-state index >= 15 is 0 Å². The summed E-state index contributed by atoms with van der Waals surface area (Å²) < 4.78 is 17.5. The monoisotopic (exact) mass is 493 g/mol. The molecular formula is C23H31N3O9. The maximum absolute atomic E-state index is 13.1. The number of hydrogen-bond donors (Lipinski definition) is 0. The molecule has 0 aromatic carbocycles. The Bertz CT molecular complexity index is 1130. The van der Waals surface area contributed by atoms with E-state index in [1.165, 1.54) is 34.6 Å². The molecule has 3 atom stereocenters. The van der Waals surface area contributed by atoms with Gasteiger partial charge in [-0.05, 0) is 34.6 Å². The van der Waals surface area contributed by atoms with E-state index in [2.05, 4.69) is 19.7 Å². The fraction of sp³-hybridized carbons (Fsp3) is 0.478. The van der Waals surface area contributed by atoms with Gasteiger partial charge in [0.05, 0.1) is 19.6 Å². The minimum absolute atomic E-state index is 0.123. The average molecular weight is 494 g/mol. The molecule has 0 spiro atoms. The Kier molecular flexibility index (Phi) is 10.4. The number of carbonyl (C=O) groups is 3. The Morgan fingerprint density at radius 1 is 0.714 bits per heavy atom. The third kappa shape index (κ3) is 8.09. The number of nitrogens with zero attached hydrogens (tertiary/aromatic N) is 3. The highest BCUT2D eigenvalue weighted by atomic mass is 16.6. The van der Waals surface area contributed by atoms with Crippen molar-refractivity contribution in [2.24, 2.45) is 0 Å². The van der Waals surface area contributed by atoms with Gasteiger partial charge in [0.1, 0.15) is 18.3 Å². The van der Waals surface area contributed by atoms with Gasteiger partial charge in [-0.25, -0.2) is 42.5 Å². The topological polar surface area (TPSA) is 145 Å². The number of ether oxygens (including phenoxy) is 3. The third-order valence-electron chi connectivity index (χ3n) is 4.50. The average Bonchev–Trinajstić information content (AvgIpc) is 2.76. The second-order valence-corrected chi connectivity index (χ2v) is 8.12. The van der Waals surface area contributed by atoms with Gasteiger partial charge in [-0.1, -0.05) is 19.7 Å². The minimum atomic E-state index is -0.998. The predicted octanol–water partition coefficient (Wildman–Crippen LogP) is 0.305. The summed E-state index contributed by atoms with van der Waals surface area (Å²) in [7, 11) is 0. The second-order valence-electron chi connectivity index (χ2n) is 8.12. The van der Waals surface area contributed by atoms with E-state index in [1.54, 1.807) is 0 Å². The van der Waals surface area contributed by atoms with Gasteiger partial charge in [0.2, 0.25) is 0 Å². The zero-order valence-corrected chi connectivity index (χ0v) is 20.6. The van der Waals surface area contributed by atoms with Gasteiger partial charge in [-0.2, -0.15) is 0 Å². The molecule has 0 aliphatic carbocycles. The molecule has 12 heteroatoms. The van der Waals surface area contributed by atoms with Crippen molar-refractivity contribution in [2.45, 2.75) is 72.6 Å². The zero-order chi connectivity index (χ0) is 27.0. The first-order chi connectivity index (χ1) is 16.2. The normalized spacial score (nSPS) is 13.2. The minimum Gasteiger partial charge on any atom is -0.458 e. The second kappa shape index (κ2) is 12.5. The number of hydrogen-bond acceptors (Lipinski definition) is 9. The molecule has 1 aromatic rings. The maximum atomic E-state index is 13.1. The van der Waals surface area contributed by atoms with Crippen LogP contribution in [-0.4, -0.2) is 49.9 Å². The lowest BCUT2D eigenvalue weighted by atomic mass is 10.3. The molecule has 0 aliphatic rings. The van der Waals surface area contributed by atoms with Crippen LogP contribution in [0.4, 0.5) is 0 Å². The summed E-state index contributed by atoms with van der Waals surface area (Å²) in [5.41, 5.74) is -2.75. The van der Waals surface area contributed by atoms with E-state index in [0.717, 1.165) is 6.08 Å².